The van der Waals surface area contributed by atoms with Gasteiger partial charge in [0.1, 0.15) is 0 Å². The van der Waals surface area contributed by atoms with Crippen LogP contribution in [-0.4, -0.2) is 46.1 Å². The molecular formula is C22H35NO4. The maximum absolute atomic E-state index is 11.7. The van der Waals surface area contributed by atoms with Crippen LogP contribution < -0.4 is 0 Å². The molecule has 1 unspecified atom stereocenters. The summed E-state index contributed by atoms with van der Waals surface area (Å²) in [4.78, 5) is 11.7. The molecule has 27 heavy (non-hydrogen) atoms. The van der Waals surface area contributed by atoms with Crippen LogP contribution >= 0.6 is 0 Å². The molecule has 5 heteroatoms. The zero-order valence-corrected chi connectivity index (χ0v) is 16.5. The standard InChI is InChI=1S/C22H35NO4/c1-3-9-17(24)12-13-19-18(20-14-15-21(19)27-20)10-7-5-6-8-11-22(25)23(26)16-4-2/h3,5,7,12-13,17-21,24,26H,1,4,6,8-11,14-16H2,2H3/t17?,18-,19+,20-,21+/m0/s1. The highest BCUT2D eigenvalue weighted by atomic mass is 16.5. The van der Waals surface area contributed by atoms with Crippen LogP contribution in [0.5, 0.6) is 0 Å². The number of unbranched alkanes of at least 4 members (excludes halogenated alkanes) is 1. The average molecular weight is 378 g/mol. The van der Waals surface area contributed by atoms with Crippen molar-refractivity contribution in [3.63, 3.8) is 0 Å². The molecule has 2 aliphatic heterocycles. The Hall–Kier alpha value is -1.43. The Kier molecular flexibility index (Phi) is 9.25. The number of fused-ring (bicyclic) bond motifs is 2. The lowest BCUT2D eigenvalue weighted by atomic mass is 9.77. The monoisotopic (exact) mass is 377 g/mol. The van der Waals surface area contributed by atoms with E-state index in [0.29, 0.717) is 37.3 Å². The molecule has 2 heterocycles. The van der Waals surface area contributed by atoms with E-state index in [1.165, 1.54) is 0 Å². The number of hydrogen-bond donors (Lipinski definition) is 2. The third-order valence-electron chi connectivity index (χ3n) is 5.51. The zero-order chi connectivity index (χ0) is 19.6. The van der Waals surface area contributed by atoms with Gasteiger partial charge in [0.25, 0.3) is 0 Å². The number of hydrogen-bond acceptors (Lipinski definition) is 4. The Labute approximate surface area is 163 Å². The largest absolute Gasteiger partial charge is 0.389 e. The van der Waals surface area contributed by atoms with Gasteiger partial charge in [0.05, 0.1) is 18.3 Å². The lowest BCUT2D eigenvalue weighted by Gasteiger charge is -2.24. The summed E-state index contributed by atoms with van der Waals surface area (Å²) in [5.74, 6) is 0.632. The molecule has 2 bridgehead atoms. The number of carbonyl (C=O) groups excluding carboxylic acids is 1. The molecule has 5 nitrogen and oxygen atoms in total. The van der Waals surface area contributed by atoms with Crippen molar-refractivity contribution in [1.82, 2.24) is 5.06 Å². The van der Waals surface area contributed by atoms with E-state index >= 15 is 0 Å². The fourth-order valence-corrected chi connectivity index (χ4v) is 4.10. The topological polar surface area (TPSA) is 70.0 Å². The molecule has 0 aliphatic carbocycles. The summed E-state index contributed by atoms with van der Waals surface area (Å²) in [5, 5.41) is 20.2. The van der Waals surface area contributed by atoms with Crippen molar-refractivity contribution < 1.29 is 19.8 Å². The van der Waals surface area contributed by atoms with Gasteiger partial charge in [0.15, 0.2) is 0 Å². The van der Waals surface area contributed by atoms with Gasteiger partial charge < -0.3 is 9.84 Å². The van der Waals surface area contributed by atoms with E-state index in [9.17, 15) is 15.1 Å². The number of amides is 1. The van der Waals surface area contributed by atoms with Gasteiger partial charge in [0, 0.05) is 18.9 Å². The van der Waals surface area contributed by atoms with Crippen molar-refractivity contribution in [3.8, 4) is 0 Å². The maximum atomic E-state index is 11.7. The summed E-state index contributed by atoms with van der Waals surface area (Å²) in [6.45, 7) is 5.99. The lowest BCUT2D eigenvalue weighted by Crippen LogP contribution is -2.27. The number of hydroxylamine groups is 2. The molecule has 0 aromatic carbocycles. The Balaban J connectivity index is 1.74. The molecule has 0 radical (unpaired) electrons. The van der Waals surface area contributed by atoms with Crippen molar-refractivity contribution in [2.75, 3.05) is 6.54 Å². The number of aliphatic hydroxyl groups is 1. The van der Waals surface area contributed by atoms with Gasteiger partial charge in [-0.15, -0.1) is 6.58 Å². The predicted octanol–water partition coefficient (Wildman–Crippen LogP) is 4.02. The molecule has 2 aliphatic rings. The number of ether oxygens (including phenoxy) is 1. The Bertz CT molecular complexity index is 530. The number of rotatable bonds is 12. The maximum Gasteiger partial charge on any atom is 0.245 e. The molecule has 2 saturated heterocycles. The molecule has 2 N–H and O–H groups in total. The second kappa shape index (κ2) is 11.4. The summed E-state index contributed by atoms with van der Waals surface area (Å²) in [5.41, 5.74) is 0. The molecule has 2 rings (SSSR count). The van der Waals surface area contributed by atoms with Crippen molar-refractivity contribution in [2.45, 2.75) is 76.6 Å². The Morgan fingerprint density at radius 1 is 1.33 bits per heavy atom. The first-order chi connectivity index (χ1) is 13.1. The fraction of sp³-hybridized carbons (Fsp3) is 0.682. The molecule has 0 aromatic rings. The minimum Gasteiger partial charge on any atom is -0.389 e. The summed E-state index contributed by atoms with van der Waals surface area (Å²) < 4.78 is 6.08. The molecule has 0 saturated carbocycles. The highest BCUT2D eigenvalue weighted by Crippen LogP contribution is 2.45. The molecular weight excluding hydrogens is 342 g/mol. The number of nitrogens with zero attached hydrogens (tertiary/aromatic N) is 1. The highest BCUT2D eigenvalue weighted by Gasteiger charge is 2.46. The van der Waals surface area contributed by atoms with Gasteiger partial charge >= 0.3 is 0 Å². The average Bonchev–Trinajstić information content (AvgIpc) is 3.24. The van der Waals surface area contributed by atoms with Gasteiger partial charge in [-0.25, -0.2) is 5.06 Å². The van der Waals surface area contributed by atoms with Gasteiger partial charge in [-0.1, -0.05) is 37.3 Å². The first-order valence-electron chi connectivity index (χ1n) is 10.3. The molecule has 1 amide bonds. The van der Waals surface area contributed by atoms with Crippen molar-refractivity contribution in [3.05, 3.63) is 37.0 Å². The van der Waals surface area contributed by atoms with Gasteiger partial charge in [-0.2, -0.15) is 0 Å². The zero-order valence-electron chi connectivity index (χ0n) is 16.5. The molecule has 152 valence electrons. The van der Waals surface area contributed by atoms with Gasteiger partial charge in [0.2, 0.25) is 5.91 Å². The summed E-state index contributed by atoms with van der Waals surface area (Å²) in [7, 11) is 0. The lowest BCUT2D eigenvalue weighted by molar-refractivity contribution is -0.165. The van der Waals surface area contributed by atoms with Crippen molar-refractivity contribution in [2.24, 2.45) is 11.8 Å². The Morgan fingerprint density at radius 3 is 2.85 bits per heavy atom. The normalized spacial score (nSPS) is 28.3. The van der Waals surface area contributed by atoms with E-state index in [4.69, 9.17) is 4.74 Å². The van der Waals surface area contributed by atoms with Crippen LogP contribution in [-0.2, 0) is 9.53 Å². The first kappa shape index (κ1) is 21.9. The molecule has 0 spiro atoms. The van der Waals surface area contributed by atoms with Crippen LogP contribution in [0.25, 0.3) is 0 Å². The number of carbonyl (C=O) groups is 1. The quantitative estimate of drug-likeness (QED) is 0.233. The van der Waals surface area contributed by atoms with E-state index < -0.39 is 6.10 Å². The van der Waals surface area contributed by atoms with Crippen molar-refractivity contribution >= 4 is 5.91 Å². The van der Waals surface area contributed by atoms with Crippen LogP contribution in [0.2, 0.25) is 0 Å². The summed E-state index contributed by atoms with van der Waals surface area (Å²) in [6.07, 6.45) is 16.7. The molecule has 0 aromatic heterocycles. The summed E-state index contributed by atoms with van der Waals surface area (Å²) >= 11 is 0. The van der Waals surface area contributed by atoms with E-state index in [0.717, 1.165) is 43.6 Å². The second-order valence-corrected chi connectivity index (χ2v) is 7.62. The molecule has 5 atom stereocenters. The predicted molar refractivity (Wildman–Crippen MR) is 106 cm³/mol. The SMILES string of the molecule is C=CCC(O)C=C[C@@H]1[C@H](CC=CCCCC(=O)N(O)CCC)[C@@H]2CC[C@H]1O2. The molecule has 2 fully saturated rings. The van der Waals surface area contributed by atoms with Crippen LogP contribution in [0.1, 0.15) is 58.3 Å². The highest BCUT2D eigenvalue weighted by molar-refractivity contribution is 5.74. The van der Waals surface area contributed by atoms with E-state index in [2.05, 4.69) is 24.8 Å². The van der Waals surface area contributed by atoms with Gasteiger partial charge in [-0.05, 0) is 50.9 Å². The third-order valence-corrected chi connectivity index (χ3v) is 5.51. The minimum absolute atomic E-state index is 0.199. The first-order valence-corrected chi connectivity index (χ1v) is 10.3. The Morgan fingerprint density at radius 2 is 2.11 bits per heavy atom. The summed E-state index contributed by atoms with van der Waals surface area (Å²) in [6, 6.07) is 0. The van der Waals surface area contributed by atoms with Crippen molar-refractivity contribution in [1.29, 1.82) is 0 Å². The fourth-order valence-electron chi connectivity index (χ4n) is 4.10. The van der Waals surface area contributed by atoms with E-state index in [1.807, 2.05) is 13.0 Å². The van der Waals surface area contributed by atoms with Crippen LogP contribution in [0.4, 0.5) is 0 Å². The minimum atomic E-state index is -0.464. The van der Waals surface area contributed by atoms with Crippen LogP contribution in [0.15, 0.2) is 37.0 Å². The van der Waals surface area contributed by atoms with E-state index in [1.54, 1.807) is 6.08 Å². The van der Waals surface area contributed by atoms with Crippen LogP contribution in [0, 0.1) is 11.8 Å². The van der Waals surface area contributed by atoms with E-state index in [-0.39, 0.29) is 12.0 Å². The number of allylic oxidation sites excluding steroid dienone is 2. The van der Waals surface area contributed by atoms with Gasteiger partial charge in [-0.3, -0.25) is 10.0 Å². The smallest absolute Gasteiger partial charge is 0.245 e. The number of aliphatic hydroxyl groups excluding tert-OH is 1. The van der Waals surface area contributed by atoms with Crippen LogP contribution in [0.3, 0.4) is 0 Å². The second-order valence-electron chi connectivity index (χ2n) is 7.62. The third kappa shape index (κ3) is 6.59.